The molecule has 2 aromatic heterocycles. The number of hydrogen-bond donors (Lipinski definition) is 2. The molecule has 0 radical (unpaired) electrons. The van der Waals surface area contributed by atoms with E-state index in [0.717, 1.165) is 27.7 Å². The van der Waals surface area contributed by atoms with Gasteiger partial charge >= 0.3 is 0 Å². The Balaban J connectivity index is 1.82. The fourth-order valence-electron chi connectivity index (χ4n) is 2.62. The van der Waals surface area contributed by atoms with Crippen LogP contribution < -0.4 is 5.32 Å². The van der Waals surface area contributed by atoms with Crippen molar-refractivity contribution in [2.75, 3.05) is 5.32 Å². The molecule has 4 rings (SSSR count). The maximum Gasteiger partial charge on any atom is 0.278 e. The molecule has 2 heterocycles. The van der Waals surface area contributed by atoms with Crippen LogP contribution >= 0.6 is 0 Å². The molecule has 0 saturated heterocycles. The van der Waals surface area contributed by atoms with Gasteiger partial charge in [0.2, 0.25) is 0 Å². The van der Waals surface area contributed by atoms with E-state index in [2.05, 4.69) is 20.5 Å². The maximum atomic E-state index is 11.1. The van der Waals surface area contributed by atoms with Crippen molar-refractivity contribution >= 4 is 38.7 Å². The number of aromatic amines is 1. The number of hydrogen-bond acceptors (Lipinski definition) is 5. The van der Waals surface area contributed by atoms with Gasteiger partial charge in [0.15, 0.2) is 0 Å². The molecular weight excluding hydrogens is 294 g/mol. The van der Waals surface area contributed by atoms with Gasteiger partial charge in [-0.15, -0.1) is 0 Å². The number of anilines is 2. The second kappa shape index (κ2) is 5.06. The van der Waals surface area contributed by atoms with Crippen LogP contribution in [0.1, 0.15) is 0 Å². The molecule has 0 bridgehead atoms. The van der Waals surface area contributed by atoms with Gasteiger partial charge in [0, 0.05) is 40.6 Å². The van der Waals surface area contributed by atoms with Crippen molar-refractivity contribution in [2.24, 2.45) is 0 Å². The Hall–Kier alpha value is -3.48. The summed E-state index contributed by atoms with van der Waals surface area (Å²) in [5, 5.41) is 23.6. The zero-order valence-corrected chi connectivity index (χ0v) is 11.9. The minimum Gasteiger partial charge on any atom is -0.355 e. The third kappa shape index (κ3) is 2.24. The molecule has 0 amide bonds. The third-order valence-corrected chi connectivity index (χ3v) is 3.71. The van der Waals surface area contributed by atoms with E-state index in [0.29, 0.717) is 5.39 Å². The lowest BCUT2D eigenvalue weighted by Crippen LogP contribution is -1.95. The van der Waals surface area contributed by atoms with Crippen molar-refractivity contribution < 1.29 is 4.92 Å². The van der Waals surface area contributed by atoms with Crippen LogP contribution in [0.4, 0.5) is 17.1 Å². The standard InChI is InChI=1S/C16H11N5O2/c22-21(23)16-4-3-15(12-5-6-17-9-13(12)16)19-11-1-2-14-10(7-11)8-18-20-14/h1-9,19H,(H,18,20). The normalized spacial score (nSPS) is 11.0. The van der Waals surface area contributed by atoms with Crippen molar-refractivity contribution in [3.63, 3.8) is 0 Å². The quantitative estimate of drug-likeness (QED) is 0.443. The summed E-state index contributed by atoms with van der Waals surface area (Å²) in [4.78, 5) is 14.7. The number of H-pyrrole nitrogens is 1. The van der Waals surface area contributed by atoms with E-state index in [1.165, 1.54) is 12.3 Å². The first-order valence-electron chi connectivity index (χ1n) is 6.94. The van der Waals surface area contributed by atoms with Crippen molar-refractivity contribution in [3.05, 3.63) is 65.1 Å². The van der Waals surface area contributed by atoms with E-state index in [1.807, 2.05) is 18.2 Å². The highest BCUT2D eigenvalue weighted by Crippen LogP contribution is 2.32. The molecule has 0 fully saturated rings. The van der Waals surface area contributed by atoms with Crippen LogP contribution in [0.25, 0.3) is 21.7 Å². The fraction of sp³-hybridized carbons (Fsp3) is 0. The largest absolute Gasteiger partial charge is 0.355 e. The molecule has 0 saturated carbocycles. The first-order valence-corrected chi connectivity index (χ1v) is 6.94. The minimum atomic E-state index is -0.397. The van der Waals surface area contributed by atoms with Crippen molar-refractivity contribution in [1.29, 1.82) is 0 Å². The predicted molar refractivity (Wildman–Crippen MR) is 87.8 cm³/mol. The van der Waals surface area contributed by atoms with Gasteiger partial charge in [0.05, 0.1) is 22.0 Å². The zero-order valence-electron chi connectivity index (χ0n) is 11.9. The van der Waals surface area contributed by atoms with E-state index in [4.69, 9.17) is 0 Å². The van der Waals surface area contributed by atoms with E-state index in [1.54, 1.807) is 24.5 Å². The van der Waals surface area contributed by atoms with Crippen LogP contribution in [0, 0.1) is 10.1 Å². The zero-order chi connectivity index (χ0) is 15.8. The lowest BCUT2D eigenvalue weighted by atomic mass is 10.1. The summed E-state index contributed by atoms with van der Waals surface area (Å²) in [6, 6.07) is 10.8. The second-order valence-electron chi connectivity index (χ2n) is 5.11. The van der Waals surface area contributed by atoms with Crippen LogP contribution in [0.15, 0.2) is 55.0 Å². The van der Waals surface area contributed by atoms with Crippen LogP contribution in [0.3, 0.4) is 0 Å². The van der Waals surface area contributed by atoms with Gasteiger partial charge in [-0.1, -0.05) is 0 Å². The van der Waals surface area contributed by atoms with Gasteiger partial charge in [0.1, 0.15) is 0 Å². The predicted octanol–water partition coefficient (Wildman–Crippen LogP) is 3.76. The average molecular weight is 305 g/mol. The number of non-ortho nitro benzene ring substituents is 1. The number of nitro groups is 1. The molecule has 7 heteroatoms. The number of nitro benzene ring substituents is 1. The number of pyridine rings is 1. The monoisotopic (exact) mass is 305 g/mol. The van der Waals surface area contributed by atoms with E-state index < -0.39 is 4.92 Å². The van der Waals surface area contributed by atoms with Gasteiger partial charge < -0.3 is 5.32 Å². The summed E-state index contributed by atoms with van der Waals surface area (Å²) in [5.74, 6) is 0. The number of aromatic nitrogens is 3. The van der Waals surface area contributed by atoms with Gasteiger partial charge in [-0.2, -0.15) is 5.10 Å². The van der Waals surface area contributed by atoms with Gasteiger partial charge in [-0.3, -0.25) is 20.2 Å². The number of nitrogens with one attached hydrogen (secondary N) is 2. The first-order chi connectivity index (χ1) is 11.2. The number of fused-ring (bicyclic) bond motifs is 2. The molecule has 0 unspecified atom stereocenters. The Morgan fingerprint density at radius 3 is 2.87 bits per heavy atom. The Kier molecular flexibility index (Phi) is 2.90. The Morgan fingerprint density at radius 2 is 2.00 bits per heavy atom. The smallest absolute Gasteiger partial charge is 0.278 e. The third-order valence-electron chi connectivity index (χ3n) is 3.71. The van der Waals surface area contributed by atoms with Crippen molar-refractivity contribution in [2.45, 2.75) is 0 Å². The summed E-state index contributed by atoms with van der Waals surface area (Å²) in [6.45, 7) is 0. The van der Waals surface area contributed by atoms with Crippen molar-refractivity contribution in [1.82, 2.24) is 15.2 Å². The molecule has 0 aliphatic rings. The minimum absolute atomic E-state index is 0.0453. The summed E-state index contributed by atoms with van der Waals surface area (Å²) in [6.07, 6.45) is 4.88. The Labute approximate surface area is 130 Å². The highest BCUT2D eigenvalue weighted by molar-refractivity contribution is 6.00. The molecule has 2 aromatic carbocycles. The highest BCUT2D eigenvalue weighted by atomic mass is 16.6. The topological polar surface area (TPSA) is 96.7 Å². The summed E-state index contributed by atoms with van der Waals surface area (Å²) >= 11 is 0. The van der Waals surface area contributed by atoms with Crippen LogP contribution in [-0.2, 0) is 0 Å². The van der Waals surface area contributed by atoms with E-state index in [9.17, 15) is 10.1 Å². The molecule has 0 aliphatic heterocycles. The molecule has 112 valence electrons. The lowest BCUT2D eigenvalue weighted by Gasteiger charge is -2.10. The molecule has 4 aromatic rings. The molecule has 0 aliphatic carbocycles. The summed E-state index contributed by atoms with van der Waals surface area (Å²) in [7, 11) is 0. The highest BCUT2D eigenvalue weighted by Gasteiger charge is 2.14. The molecular formula is C16H11N5O2. The van der Waals surface area contributed by atoms with Gasteiger partial charge in [0.25, 0.3) is 5.69 Å². The molecule has 7 nitrogen and oxygen atoms in total. The average Bonchev–Trinajstić information content (AvgIpc) is 3.02. The Morgan fingerprint density at radius 1 is 1.09 bits per heavy atom. The number of nitrogens with zero attached hydrogens (tertiary/aromatic N) is 3. The van der Waals surface area contributed by atoms with E-state index >= 15 is 0 Å². The van der Waals surface area contributed by atoms with Crippen molar-refractivity contribution in [3.8, 4) is 0 Å². The first kappa shape index (κ1) is 13.2. The SMILES string of the molecule is O=[N+]([O-])c1ccc(Nc2ccc3[nH]ncc3c2)c2ccncc12. The molecule has 2 N–H and O–H groups in total. The van der Waals surface area contributed by atoms with Crippen LogP contribution in [0.5, 0.6) is 0 Å². The summed E-state index contributed by atoms with van der Waals surface area (Å²) < 4.78 is 0. The van der Waals surface area contributed by atoms with Gasteiger partial charge in [-0.05, 0) is 30.3 Å². The molecule has 0 spiro atoms. The van der Waals surface area contributed by atoms with Gasteiger partial charge in [-0.25, -0.2) is 0 Å². The molecule has 0 atom stereocenters. The second-order valence-corrected chi connectivity index (χ2v) is 5.11. The van der Waals surface area contributed by atoms with E-state index in [-0.39, 0.29) is 5.69 Å². The van der Waals surface area contributed by atoms with Crippen LogP contribution in [0.2, 0.25) is 0 Å². The lowest BCUT2D eigenvalue weighted by molar-refractivity contribution is -0.383. The van der Waals surface area contributed by atoms with Crippen LogP contribution in [-0.4, -0.2) is 20.1 Å². The number of rotatable bonds is 3. The maximum absolute atomic E-state index is 11.1. The molecule has 23 heavy (non-hydrogen) atoms. The summed E-state index contributed by atoms with van der Waals surface area (Å²) in [5.41, 5.74) is 2.67. The Bertz CT molecular complexity index is 1040. The fourth-order valence-corrected chi connectivity index (χ4v) is 2.62. The number of benzene rings is 2.